The van der Waals surface area contributed by atoms with Gasteiger partial charge < -0.3 is 10.6 Å². The molecule has 0 aromatic heterocycles. The van der Waals surface area contributed by atoms with Crippen LogP contribution in [0.3, 0.4) is 0 Å². The zero-order chi connectivity index (χ0) is 11.4. The largest absolute Gasteiger partial charge is 0.372 e. The molecule has 0 aliphatic heterocycles. The van der Waals surface area contributed by atoms with Crippen LogP contribution in [0.25, 0.3) is 0 Å². The number of hydrogen-bond donors (Lipinski definition) is 1. The van der Waals surface area contributed by atoms with E-state index in [1.54, 1.807) is 0 Å². The van der Waals surface area contributed by atoms with Gasteiger partial charge in [-0.3, -0.25) is 0 Å². The lowest BCUT2D eigenvalue weighted by Crippen LogP contribution is -2.31. The average Bonchev–Trinajstić information content (AvgIpc) is 2.17. The van der Waals surface area contributed by atoms with E-state index < -0.39 is 0 Å². The third-order valence-corrected chi connectivity index (χ3v) is 3.28. The standard InChI is InChI=1S/C12H19BrN2/c1-9-8-11(13)4-5-12(9)15(3)10(2)6-7-14/h4-5,8,10H,6-7,14H2,1-3H3. The van der Waals surface area contributed by atoms with Gasteiger partial charge in [0.1, 0.15) is 0 Å². The highest BCUT2D eigenvalue weighted by Crippen LogP contribution is 2.24. The molecule has 1 aromatic rings. The van der Waals surface area contributed by atoms with Crippen molar-refractivity contribution in [1.82, 2.24) is 0 Å². The van der Waals surface area contributed by atoms with Gasteiger partial charge in [0.05, 0.1) is 0 Å². The van der Waals surface area contributed by atoms with E-state index in [9.17, 15) is 0 Å². The minimum atomic E-state index is 0.481. The Labute approximate surface area is 101 Å². The molecule has 0 saturated carbocycles. The second kappa shape index (κ2) is 5.52. The molecule has 1 rings (SSSR count). The van der Waals surface area contributed by atoms with Crippen LogP contribution in [0.2, 0.25) is 0 Å². The summed E-state index contributed by atoms with van der Waals surface area (Å²) in [6, 6.07) is 6.84. The van der Waals surface area contributed by atoms with E-state index in [1.807, 2.05) is 0 Å². The van der Waals surface area contributed by atoms with Gasteiger partial charge in [-0.25, -0.2) is 0 Å². The molecule has 1 atom stereocenters. The van der Waals surface area contributed by atoms with Crippen LogP contribution in [0.15, 0.2) is 22.7 Å². The molecular formula is C12H19BrN2. The number of rotatable bonds is 4. The van der Waals surface area contributed by atoms with Crippen LogP contribution < -0.4 is 10.6 Å². The summed E-state index contributed by atoms with van der Waals surface area (Å²) in [5, 5.41) is 0. The number of hydrogen-bond acceptors (Lipinski definition) is 2. The Bertz CT molecular complexity index is 325. The molecule has 0 saturated heterocycles. The normalized spacial score (nSPS) is 12.6. The lowest BCUT2D eigenvalue weighted by molar-refractivity contribution is 0.634. The van der Waals surface area contributed by atoms with Crippen LogP contribution in [0.4, 0.5) is 5.69 Å². The lowest BCUT2D eigenvalue weighted by atomic mass is 10.1. The van der Waals surface area contributed by atoms with E-state index in [0.29, 0.717) is 6.04 Å². The maximum absolute atomic E-state index is 5.57. The molecule has 0 heterocycles. The van der Waals surface area contributed by atoms with Gasteiger partial charge in [-0.2, -0.15) is 0 Å². The Hall–Kier alpha value is -0.540. The van der Waals surface area contributed by atoms with Crippen molar-refractivity contribution in [3.05, 3.63) is 28.2 Å². The van der Waals surface area contributed by atoms with Crippen molar-refractivity contribution in [1.29, 1.82) is 0 Å². The fraction of sp³-hybridized carbons (Fsp3) is 0.500. The minimum Gasteiger partial charge on any atom is -0.372 e. The molecule has 2 nitrogen and oxygen atoms in total. The first kappa shape index (κ1) is 12.5. The monoisotopic (exact) mass is 270 g/mol. The molecular weight excluding hydrogens is 252 g/mol. The summed E-state index contributed by atoms with van der Waals surface area (Å²) in [6.07, 6.45) is 1.02. The Morgan fingerprint density at radius 1 is 1.47 bits per heavy atom. The summed E-state index contributed by atoms with van der Waals surface area (Å²) < 4.78 is 1.13. The van der Waals surface area contributed by atoms with Gasteiger partial charge in [0, 0.05) is 23.2 Å². The molecule has 0 aliphatic carbocycles. The molecule has 3 heteroatoms. The molecule has 15 heavy (non-hydrogen) atoms. The number of aryl methyl sites for hydroxylation is 1. The maximum Gasteiger partial charge on any atom is 0.0396 e. The summed E-state index contributed by atoms with van der Waals surface area (Å²) in [6.45, 7) is 5.07. The molecule has 0 radical (unpaired) electrons. The van der Waals surface area contributed by atoms with E-state index in [2.05, 4.69) is 59.9 Å². The van der Waals surface area contributed by atoms with Crippen LogP contribution in [0.5, 0.6) is 0 Å². The van der Waals surface area contributed by atoms with Gasteiger partial charge in [0.2, 0.25) is 0 Å². The van der Waals surface area contributed by atoms with Crippen molar-refractivity contribution in [3.63, 3.8) is 0 Å². The SMILES string of the molecule is Cc1cc(Br)ccc1N(C)C(C)CCN. The number of halogens is 1. The van der Waals surface area contributed by atoms with Crippen LogP contribution >= 0.6 is 15.9 Å². The number of nitrogens with two attached hydrogens (primary N) is 1. The smallest absolute Gasteiger partial charge is 0.0396 e. The predicted molar refractivity (Wildman–Crippen MR) is 70.4 cm³/mol. The Morgan fingerprint density at radius 2 is 2.13 bits per heavy atom. The van der Waals surface area contributed by atoms with Crippen LogP contribution in [-0.4, -0.2) is 19.6 Å². The topological polar surface area (TPSA) is 29.3 Å². The van der Waals surface area contributed by atoms with E-state index in [-0.39, 0.29) is 0 Å². The minimum absolute atomic E-state index is 0.481. The maximum atomic E-state index is 5.57. The van der Waals surface area contributed by atoms with E-state index in [1.165, 1.54) is 11.3 Å². The summed E-state index contributed by atoms with van der Waals surface area (Å²) in [7, 11) is 2.12. The van der Waals surface area contributed by atoms with Gasteiger partial charge in [-0.15, -0.1) is 0 Å². The van der Waals surface area contributed by atoms with Crippen LogP contribution in [-0.2, 0) is 0 Å². The highest BCUT2D eigenvalue weighted by molar-refractivity contribution is 9.10. The second-order valence-electron chi connectivity index (χ2n) is 3.97. The third-order valence-electron chi connectivity index (χ3n) is 2.78. The molecule has 0 bridgehead atoms. The fourth-order valence-corrected chi connectivity index (χ4v) is 2.16. The molecule has 1 aromatic carbocycles. The second-order valence-corrected chi connectivity index (χ2v) is 4.88. The molecule has 0 fully saturated rings. The van der Waals surface area contributed by atoms with Crippen molar-refractivity contribution in [2.24, 2.45) is 5.73 Å². The zero-order valence-corrected chi connectivity index (χ0v) is 11.2. The van der Waals surface area contributed by atoms with Crippen molar-refractivity contribution in [2.45, 2.75) is 26.3 Å². The first-order valence-corrected chi connectivity index (χ1v) is 6.04. The number of nitrogens with zero attached hydrogens (tertiary/aromatic N) is 1. The molecule has 1 unspecified atom stereocenters. The van der Waals surface area contributed by atoms with Gasteiger partial charge >= 0.3 is 0 Å². The summed E-state index contributed by atoms with van der Waals surface area (Å²) in [5.41, 5.74) is 8.14. The summed E-state index contributed by atoms with van der Waals surface area (Å²) in [5.74, 6) is 0. The van der Waals surface area contributed by atoms with Crippen molar-refractivity contribution >= 4 is 21.6 Å². The Kier molecular flexibility index (Phi) is 4.61. The van der Waals surface area contributed by atoms with Gasteiger partial charge in [0.25, 0.3) is 0 Å². The number of anilines is 1. The molecule has 84 valence electrons. The van der Waals surface area contributed by atoms with Gasteiger partial charge in [0.15, 0.2) is 0 Å². The fourth-order valence-electron chi connectivity index (χ4n) is 1.69. The average molecular weight is 271 g/mol. The molecule has 0 aliphatic rings. The molecule has 0 amide bonds. The van der Waals surface area contributed by atoms with E-state index >= 15 is 0 Å². The highest BCUT2D eigenvalue weighted by Gasteiger charge is 2.11. The van der Waals surface area contributed by atoms with Crippen LogP contribution in [0.1, 0.15) is 18.9 Å². The molecule has 0 spiro atoms. The van der Waals surface area contributed by atoms with Crippen molar-refractivity contribution in [2.75, 3.05) is 18.5 Å². The van der Waals surface area contributed by atoms with Gasteiger partial charge in [-0.05, 0) is 50.6 Å². The van der Waals surface area contributed by atoms with Gasteiger partial charge in [-0.1, -0.05) is 15.9 Å². The predicted octanol–water partition coefficient (Wildman–Crippen LogP) is 2.93. The summed E-state index contributed by atoms with van der Waals surface area (Å²) >= 11 is 3.47. The highest BCUT2D eigenvalue weighted by atomic mass is 79.9. The first-order chi connectivity index (χ1) is 7.06. The molecule has 2 N–H and O–H groups in total. The lowest BCUT2D eigenvalue weighted by Gasteiger charge is -2.28. The van der Waals surface area contributed by atoms with E-state index in [4.69, 9.17) is 5.73 Å². The van der Waals surface area contributed by atoms with E-state index in [0.717, 1.165) is 17.4 Å². The third kappa shape index (κ3) is 3.21. The van der Waals surface area contributed by atoms with Crippen molar-refractivity contribution < 1.29 is 0 Å². The Morgan fingerprint density at radius 3 is 2.67 bits per heavy atom. The quantitative estimate of drug-likeness (QED) is 0.912. The number of benzene rings is 1. The summed E-state index contributed by atoms with van der Waals surface area (Å²) in [4.78, 5) is 2.29. The van der Waals surface area contributed by atoms with Crippen molar-refractivity contribution in [3.8, 4) is 0 Å². The zero-order valence-electron chi connectivity index (χ0n) is 9.63. The van der Waals surface area contributed by atoms with Crippen LogP contribution in [0, 0.1) is 6.92 Å². The first-order valence-electron chi connectivity index (χ1n) is 5.25. The Balaban J connectivity index is 2.86.